The average Bonchev–Trinajstić information content (AvgIpc) is 2.92. The van der Waals surface area contributed by atoms with Gasteiger partial charge in [0.15, 0.2) is 11.5 Å². The first kappa shape index (κ1) is 29.4. The summed E-state index contributed by atoms with van der Waals surface area (Å²) >= 11 is 0. The predicted octanol–water partition coefficient (Wildman–Crippen LogP) is 6.94. The number of rotatable bonds is 16. The lowest BCUT2D eigenvalue weighted by molar-refractivity contribution is -0.112. The molecule has 2 aromatic carbocycles. The van der Waals surface area contributed by atoms with Crippen molar-refractivity contribution >= 4 is 23.6 Å². The molecule has 0 aliphatic heterocycles. The van der Waals surface area contributed by atoms with Crippen molar-refractivity contribution in [1.29, 1.82) is 5.26 Å². The Morgan fingerprint density at radius 1 is 0.892 bits per heavy atom. The molecule has 7 heteroatoms. The number of amides is 1. The van der Waals surface area contributed by atoms with Crippen LogP contribution in [0.1, 0.15) is 81.1 Å². The Morgan fingerprint density at radius 3 is 2.19 bits per heavy atom. The van der Waals surface area contributed by atoms with Crippen LogP contribution in [-0.4, -0.2) is 32.2 Å². The first-order valence-electron chi connectivity index (χ1n) is 13.0. The van der Waals surface area contributed by atoms with Crippen molar-refractivity contribution in [3.63, 3.8) is 0 Å². The van der Waals surface area contributed by atoms with Crippen LogP contribution >= 0.6 is 0 Å². The van der Waals surface area contributed by atoms with Crippen molar-refractivity contribution in [3.05, 3.63) is 59.2 Å². The van der Waals surface area contributed by atoms with Gasteiger partial charge in [0.25, 0.3) is 5.91 Å². The summed E-state index contributed by atoms with van der Waals surface area (Å²) in [7, 11) is 1.55. The smallest absolute Gasteiger partial charge is 0.338 e. The fraction of sp³-hybridized carbons (Fsp3) is 0.433. The maximum Gasteiger partial charge on any atom is 0.338 e. The Labute approximate surface area is 220 Å². The highest BCUT2D eigenvalue weighted by molar-refractivity contribution is 6.09. The lowest BCUT2D eigenvalue weighted by Gasteiger charge is -2.11. The summed E-state index contributed by atoms with van der Waals surface area (Å²) in [5.74, 6) is 0.215. The molecular weight excluding hydrogens is 468 g/mol. The number of esters is 1. The third kappa shape index (κ3) is 10.4. The van der Waals surface area contributed by atoms with Crippen molar-refractivity contribution < 1.29 is 23.8 Å². The Morgan fingerprint density at radius 2 is 1.57 bits per heavy atom. The van der Waals surface area contributed by atoms with Gasteiger partial charge in [-0.2, -0.15) is 5.26 Å². The molecule has 0 saturated carbocycles. The highest BCUT2D eigenvalue weighted by atomic mass is 16.5. The molecule has 0 bridgehead atoms. The van der Waals surface area contributed by atoms with Gasteiger partial charge in [-0.25, -0.2) is 4.79 Å². The van der Waals surface area contributed by atoms with Gasteiger partial charge >= 0.3 is 5.97 Å². The molecule has 0 saturated heterocycles. The summed E-state index contributed by atoms with van der Waals surface area (Å²) in [4.78, 5) is 24.9. The second-order valence-electron chi connectivity index (χ2n) is 8.72. The van der Waals surface area contributed by atoms with Crippen LogP contribution in [-0.2, 0) is 9.53 Å². The van der Waals surface area contributed by atoms with Crippen LogP contribution in [0.5, 0.6) is 11.5 Å². The second kappa shape index (κ2) is 16.8. The molecule has 0 aliphatic rings. The third-order valence-electron chi connectivity index (χ3n) is 5.73. The Kier molecular flexibility index (Phi) is 13.4. The number of hydrogen-bond donors (Lipinski definition) is 1. The number of unbranched alkanes of at least 4 members (excludes halogenated alkanes) is 6. The highest BCUT2D eigenvalue weighted by Gasteiger charge is 2.13. The van der Waals surface area contributed by atoms with Crippen LogP contribution < -0.4 is 14.8 Å². The molecule has 0 radical (unpaired) electrons. The number of nitriles is 1. The highest BCUT2D eigenvalue weighted by Crippen LogP contribution is 2.29. The number of methoxy groups -OCH3 is 1. The molecule has 0 aliphatic carbocycles. The molecule has 7 nitrogen and oxygen atoms in total. The van der Waals surface area contributed by atoms with E-state index in [0.29, 0.717) is 41.5 Å². The fourth-order valence-corrected chi connectivity index (χ4v) is 3.58. The third-order valence-corrected chi connectivity index (χ3v) is 5.73. The van der Waals surface area contributed by atoms with Crippen LogP contribution in [0, 0.1) is 11.3 Å². The standard InChI is InChI=1S/C30H38N2O5/c1-4-6-8-10-18-36-27-17-12-23(21-28(27)35-3)20-25(22-31)29(33)32-26-15-13-24(14-16-26)30(34)37-19-11-9-7-5-2/h12-17,20-21H,4-11,18-19H2,1-3H3,(H,32,33)/b25-20+. The van der Waals surface area contributed by atoms with Gasteiger partial charge in [-0.15, -0.1) is 0 Å². The lowest BCUT2D eigenvalue weighted by atomic mass is 10.1. The van der Waals surface area contributed by atoms with Crippen LogP contribution in [0.2, 0.25) is 0 Å². The minimum atomic E-state index is -0.552. The lowest BCUT2D eigenvalue weighted by Crippen LogP contribution is -2.13. The van der Waals surface area contributed by atoms with Gasteiger partial charge in [0.2, 0.25) is 0 Å². The largest absolute Gasteiger partial charge is 0.493 e. The Balaban J connectivity index is 1.97. The maximum atomic E-state index is 12.7. The van der Waals surface area contributed by atoms with Crippen LogP contribution in [0.3, 0.4) is 0 Å². The SMILES string of the molecule is CCCCCCOC(=O)c1ccc(NC(=O)/C(C#N)=C/c2ccc(OCCCCCC)c(OC)c2)cc1. The van der Waals surface area contributed by atoms with Gasteiger partial charge in [-0.3, -0.25) is 4.79 Å². The number of benzene rings is 2. The summed E-state index contributed by atoms with van der Waals surface area (Å²) < 4.78 is 16.5. The topological polar surface area (TPSA) is 97.7 Å². The van der Waals surface area contributed by atoms with E-state index >= 15 is 0 Å². The summed E-state index contributed by atoms with van der Waals surface area (Å²) in [5.41, 5.74) is 1.45. The number of carbonyl (C=O) groups is 2. The molecule has 2 rings (SSSR count). The summed E-state index contributed by atoms with van der Waals surface area (Å²) in [6, 6.07) is 13.6. The molecule has 1 amide bonds. The first-order chi connectivity index (χ1) is 18.0. The van der Waals surface area contributed by atoms with E-state index in [0.717, 1.165) is 38.5 Å². The van der Waals surface area contributed by atoms with Crippen LogP contribution in [0.15, 0.2) is 48.0 Å². The zero-order chi connectivity index (χ0) is 26.9. The number of hydrogen-bond acceptors (Lipinski definition) is 6. The number of nitrogens with zero attached hydrogens (tertiary/aromatic N) is 1. The molecule has 0 fully saturated rings. The van der Waals surface area contributed by atoms with Crippen LogP contribution in [0.25, 0.3) is 6.08 Å². The van der Waals surface area contributed by atoms with Gasteiger partial charge in [-0.1, -0.05) is 58.4 Å². The van der Waals surface area contributed by atoms with Gasteiger partial charge in [0, 0.05) is 5.69 Å². The quantitative estimate of drug-likeness (QED) is 0.115. The molecule has 0 aromatic heterocycles. The number of nitrogens with one attached hydrogen (secondary N) is 1. The van der Waals surface area contributed by atoms with Crippen molar-refractivity contribution in [1.82, 2.24) is 0 Å². The van der Waals surface area contributed by atoms with E-state index in [1.54, 1.807) is 49.6 Å². The van der Waals surface area contributed by atoms with E-state index < -0.39 is 11.9 Å². The van der Waals surface area contributed by atoms with Crippen molar-refractivity contribution in [2.45, 2.75) is 65.2 Å². The molecule has 37 heavy (non-hydrogen) atoms. The number of carbonyl (C=O) groups excluding carboxylic acids is 2. The van der Waals surface area contributed by atoms with E-state index in [9.17, 15) is 14.9 Å². The Bertz CT molecular complexity index is 1070. The van der Waals surface area contributed by atoms with E-state index in [4.69, 9.17) is 14.2 Å². The zero-order valence-corrected chi connectivity index (χ0v) is 22.2. The second-order valence-corrected chi connectivity index (χ2v) is 8.72. The van der Waals surface area contributed by atoms with Gasteiger partial charge < -0.3 is 19.5 Å². The average molecular weight is 507 g/mol. The summed E-state index contributed by atoms with van der Waals surface area (Å²) in [6.07, 6.45) is 10.1. The molecule has 0 unspecified atom stereocenters. The van der Waals surface area contributed by atoms with Crippen LogP contribution in [0.4, 0.5) is 5.69 Å². The number of ether oxygens (including phenoxy) is 3. The monoisotopic (exact) mass is 506 g/mol. The van der Waals surface area contributed by atoms with Crippen molar-refractivity contribution in [2.24, 2.45) is 0 Å². The predicted molar refractivity (Wildman–Crippen MR) is 146 cm³/mol. The van der Waals surface area contributed by atoms with E-state index in [-0.39, 0.29) is 5.57 Å². The van der Waals surface area contributed by atoms with E-state index in [1.165, 1.54) is 18.9 Å². The molecular formula is C30H38N2O5. The van der Waals surface area contributed by atoms with E-state index in [1.807, 2.05) is 6.07 Å². The maximum absolute atomic E-state index is 12.7. The minimum absolute atomic E-state index is 0.0640. The van der Waals surface area contributed by atoms with Gasteiger partial charge in [0.1, 0.15) is 11.6 Å². The zero-order valence-electron chi connectivity index (χ0n) is 22.2. The number of anilines is 1. The van der Waals surface area contributed by atoms with E-state index in [2.05, 4.69) is 19.2 Å². The van der Waals surface area contributed by atoms with Crippen molar-refractivity contribution in [3.8, 4) is 17.6 Å². The normalized spacial score (nSPS) is 10.9. The minimum Gasteiger partial charge on any atom is -0.493 e. The van der Waals surface area contributed by atoms with Gasteiger partial charge in [0.05, 0.1) is 25.9 Å². The van der Waals surface area contributed by atoms with Crippen molar-refractivity contribution in [2.75, 3.05) is 25.6 Å². The van der Waals surface area contributed by atoms with Gasteiger partial charge in [-0.05, 0) is 60.9 Å². The summed E-state index contributed by atoms with van der Waals surface area (Å²) in [6.45, 7) is 5.29. The molecule has 0 spiro atoms. The first-order valence-corrected chi connectivity index (χ1v) is 13.0. The molecule has 0 atom stereocenters. The molecule has 0 heterocycles. The Hall–Kier alpha value is -3.79. The fourth-order valence-electron chi connectivity index (χ4n) is 3.58. The molecule has 2 aromatic rings. The molecule has 198 valence electrons. The molecule has 1 N–H and O–H groups in total. The summed E-state index contributed by atoms with van der Waals surface area (Å²) in [5, 5.41) is 12.3.